The fourth-order valence-corrected chi connectivity index (χ4v) is 0.502. The van der Waals surface area contributed by atoms with Gasteiger partial charge in [0.15, 0.2) is 5.90 Å². The van der Waals surface area contributed by atoms with Crippen molar-refractivity contribution in [3.8, 4) is 0 Å². The summed E-state index contributed by atoms with van der Waals surface area (Å²) in [6, 6.07) is 0. The van der Waals surface area contributed by atoms with Crippen LogP contribution in [0.5, 0.6) is 0 Å². The third-order valence-corrected chi connectivity index (χ3v) is 0.988. The molecule has 0 heterocycles. The molecule has 0 radical (unpaired) electrons. The standard InChI is InChI=1S/C8H13NO/c1-5-6-7(2)9-8(3)10-4/h5-6H,1H2,2-4H3/b7-6-,9-8?. The van der Waals surface area contributed by atoms with E-state index in [4.69, 9.17) is 4.74 Å². The van der Waals surface area contributed by atoms with Gasteiger partial charge in [0.25, 0.3) is 0 Å². The summed E-state index contributed by atoms with van der Waals surface area (Å²) in [5.41, 5.74) is 0.898. The molecule has 10 heavy (non-hydrogen) atoms. The summed E-state index contributed by atoms with van der Waals surface area (Å²) in [7, 11) is 1.60. The van der Waals surface area contributed by atoms with E-state index in [1.165, 1.54) is 0 Å². The minimum atomic E-state index is 0.663. The fourth-order valence-electron chi connectivity index (χ4n) is 0.502. The third kappa shape index (κ3) is 3.89. The van der Waals surface area contributed by atoms with Crippen molar-refractivity contribution >= 4 is 5.90 Å². The van der Waals surface area contributed by atoms with Crippen LogP contribution in [-0.4, -0.2) is 13.0 Å². The highest BCUT2D eigenvalue weighted by Gasteiger charge is 1.85. The van der Waals surface area contributed by atoms with Crippen LogP contribution in [0.4, 0.5) is 0 Å². The van der Waals surface area contributed by atoms with Crippen LogP contribution in [0, 0.1) is 0 Å². The fraction of sp³-hybridized carbons (Fsp3) is 0.375. The lowest BCUT2D eigenvalue weighted by molar-refractivity contribution is 0.399. The molecule has 56 valence electrons. The highest BCUT2D eigenvalue weighted by Crippen LogP contribution is 1.95. The lowest BCUT2D eigenvalue weighted by Crippen LogP contribution is -1.92. The van der Waals surface area contributed by atoms with Crippen molar-refractivity contribution in [2.45, 2.75) is 13.8 Å². The smallest absolute Gasteiger partial charge is 0.184 e. The number of nitrogens with zero attached hydrogens (tertiary/aromatic N) is 1. The van der Waals surface area contributed by atoms with Crippen LogP contribution >= 0.6 is 0 Å². The first-order valence-corrected chi connectivity index (χ1v) is 3.09. The molecule has 0 aromatic rings. The molecule has 0 amide bonds. The number of rotatable bonds is 2. The van der Waals surface area contributed by atoms with E-state index in [0.29, 0.717) is 5.90 Å². The molecule has 0 N–H and O–H groups in total. The Hall–Kier alpha value is -1.05. The van der Waals surface area contributed by atoms with Crippen LogP contribution in [0.15, 0.2) is 29.4 Å². The second kappa shape index (κ2) is 4.79. The van der Waals surface area contributed by atoms with Crippen LogP contribution in [-0.2, 0) is 4.74 Å². The molecule has 0 aliphatic heterocycles. The van der Waals surface area contributed by atoms with Gasteiger partial charge in [0, 0.05) is 12.6 Å². The third-order valence-electron chi connectivity index (χ3n) is 0.988. The maximum Gasteiger partial charge on any atom is 0.184 e. The molecular weight excluding hydrogens is 126 g/mol. The van der Waals surface area contributed by atoms with E-state index in [1.54, 1.807) is 20.1 Å². The van der Waals surface area contributed by atoms with Gasteiger partial charge in [0.2, 0.25) is 0 Å². The predicted molar refractivity (Wildman–Crippen MR) is 44.1 cm³/mol. The number of hydrogen-bond acceptors (Lipinski definition) is 2. The lowest BCUT2D eigenvalue weighted by atomic mass is 10.4. The zero-order chi connectivity index (χ0) is 7.98. The number of ether oxygens (including phenoxy) is 1. The Bertz CT molecular complexity index is 168. The van der Waals surface area contributed by atoms with Crippen molar-refractivity contribution in [1.82, 2.24) is 0 Å². The van der Waals surface area contributed by atoms with Crippen molar-refractivity contribution in [1.29, 1.82) is 0 Å². The molecule has 0 fully saturated rings. The Morgan fingerprint density at radius 3 is 2.50 bits per heavy atom. The van der Waals surface area contributed by atoms with Crippen molar-refractivity contribution < 1.29 is 4.74 Å². The molecule has 0 unspecified atom stereocenters. The number of aliphatic imine (C=N–C) groups is 1. The second-order valence-corrected chi connectivity index (χ2v) is 1.88. The highest BCUT2D eigenvalue weighted by molar-refractivity contribution is 5.74. The molecule has 0 atom stereocenters. The Morgan fingerprint density at radius 2 is 2.10 bits per heavy atom. The summed E-state index contributed by atoms with van der Waals surface area (Å²) < 4.78 is 4.84. The normalized spacial score (nSPS) is 13.1. The summed E-state index contributed by atoms with van der Waals surface area (Å²) in [5, 5.41) is 0. The average molecular weight is 139 g/mol. The van der Waals surface area contributed by atoms with Crippen molar-refractivity contribution in [3.05, 3.63) is 24.4 Å². The molecule has 0 aliphatic rings. The van der Waals surface area contributed by atoms with Gasteiger partial charge in [0.1, 0.15) is 0 Å². The average Bonchev–Trinajstić information content (AvgIpc) is 1.88. The molecule has 2 nitrogen and oxygen atoms in total. The first-order valence-electron chi connectivity index (χ1n) is 3.09. The Kier molecular flexibility index (Phi) is 4.29. The molecule has 0 rings (SSSR count). The van der Waals surface area contributed by atoms with Gasteiger partial charge in [-0.3, -0.25) is 0 Å². The summed E-state index contributed by atoms with van der Waals surface area (Å²) in [4.78, 5) is 4.07. The lowest BCUT2D eigenvalue weighted by Gasteiger charge is -1.95. The number of methoxy groups -OCH3 is 1. The number of hydrogen-bond donors (Lipinski definition) is 0. The van der Waals surface area contributed by atoms with Crippen LogP contribution < -0.4 is 0 Å². The monoisotopic (exact) mass is 139 g/mol. The number of allylic oxidation sites excluding steroid dienone is 3. The zero-order valence-corrected chi connectivity index (χ0v) is 6.72. The van der Waals surface area contributed by atoms with E-state index in [9.17, 15) is 0 Å². The van der Waals surface area contributed by atoms with E-state index >= 15 is 0 Å². The van der Waals surface area contributed by atoms with Gasteiger partial charge in [-0.15, -0.1) is 0 Å². The zero-order valence-electron chi connectivity index (χ0n) is 6.72. The minimum absolute atomic E-state index is 0.663. The Labute approximate surface area is 61.9 Å². The van der Waals surface area contributed by atoms with Gasteiger partial charge in [-0.25, -0.2) is 4.99 Å². The molecule has 0 spiro atoms. The summed E-state index contributed by atoms with van der Waals surface area (Å²) in [6.45, 7) is 7.25. The molecular formula is C8H13NO. The van der Waals surface area contributed by atoms with Crippen LogP contribution in [0.25, 0.3) is 0 Å². The predicted octanol–water partition coefficient (Wildman–Crippen LogP) is 2.14. The molecule has 0 aliphatic carbocycles. The van der Waals surface area contributed by atoms with Crippen LogP contribution in [0.2, 0.25) is 0 Å². The van der Waals surface area contributed by atoms with Gasteiger partial charge in [-0.05, 0) is 13.0 Å². The highest BCUT2D eigenvalue weighted by atomic mass is 16.5. The van der Waals surface area contributed by atoms with E-state index in [1.807, 2.05) is 13.0 Å². The van der Waals surface area contributed by atoms with Crippen molar-refractivity contribution in [2.75, 3.05) is 7.11 Å². The molecule has 0 saturated heterocycles. The van der Waals surface area contributed by atoms with E-state index < -0.39 is 0 Å². The van der Waals surface area contributed by atoms with Gasteiger partial charge in [0.05, 0.1) is 7.11 Å². The molecule has 0 aromatic heterocycles. The summed E-state index contributed by atoms with van der Waals surface area (Å²) in [5.74, 6) is 0.663. The Balaban J connectivity index is 4.11. The van der Waals surface area contributed by atoms with Gasteiger partial charge in [-0.2, -0.15) is 0 Å². The summed E-state index contributed by atoms with van der Waals surface area (Å²) in [6.07, 6.45) is 3.52. The maximum absolute atomic E-state index is 4.84. The van der Waals surface area contributed by atoms with Gasteiger partial charge >= 0.3 is 0 Å². The van der Waals surface area contributed by atoms with E-state index in [-0.39, 0.29) is 0 Å². The molecule has 0 saturated carbocycles. The van der Waals surface area contributed by atoms with Crippen molar-refractivity contribution in [3.63, 3.8) is 0 Å². The maximum atomic E-state index is 4.84. The van der Waals surface area contributed by atoms with Crippen LogP contribution in [0.3, 0.4) is 0 Å². The van der Waals surface area contributed by atoms with E-state index in [0.717, 1.165) is 5.70 Å². The van der Waals surface area contributed by atoms with Crippen molar-refractivity contribution in [2.24, 2.45) is 4.99 Å². The van der Waals surface area contributed by atoms with Gasteiger partial charge < -0.3 is 4.74 Å². The van der Waals surface area contributed by atoms with Crippen LogP contribution in [0.1, 0.15) is 13.8 Å². The topological polar surface area (TPSA) is 21.6 Å². The summed E-state index contributed by atoms with van der Waals surface area (Å²) >= 11 is 0. The quantitative estimate of drug-likeness (QED) is 0.326. The van der Waals surface area contributed by atoms with Gasteiger partial charge in [-0.1, -0.05) is 12.7 Å². The van der Waals surface area contributed by atoms with E-state index in [2.05, 4.69) is 11.6 Å². The molecule has 0 bridgehead atoms. The Morgan fingerprint density at radius 1 is 1.50 bits per heavy atom. The largest absolute Gasteiger partial charge is 0.484 e. The minimum Gasteiger partial charge on any atom is -0.484 e. The molecule has 0 aromatic carbocycles. The second-order valence-electron chi connectivity index (χ2n) is 1.88. The first kappa shape index (κ1) is 8.95. The first-order chi connectivity index (χ1) is 4.70. The molecule has 2 heteroatoms. The SMILES string of the molecule is C=C/C=C(/C)N=C(C)OC.